The van der Waals surface area contributed by atoms with Crippen LogP contribution in [0.4, 0.5) is 8.78 Å². The van der Waals surface area contributed by atoms with Gasteiger partial charge < -0.3 is 19.9 Å². The first-order valence-corrected chi connectivity index (χ1v) is 12.2. The van der Waals surface area contributed by atoms with Gasteiger partial charge in [-0.05, 0) is 43.5 Å². The lowest BCUT2D eigenvalue weighted by Crippen LogP contribution is -2.44. The zero-order valence-corrected chi connectivity index (χ0v) is 19.9. The highest BCUT2D eigenvalue weighted by Gasteiger charge is 2.45. The van der Waals surface area contributed by atoms with Gasteiger partial charge in [-0.1, -0.05) is 6.07 Å². The minimum atomic E-state index is -3.01. The average Bonchev–Trinajstić information content (AvgIpc) is 3.40. The first kappa shape index (κ1) is 22.2. The number of imidazole rings is 1. The molecule has 3 aromatic heterocycles. The van der Waals surface area contributed by atoms with E-state index in [2.05, 4.69) is 9.97 Å². The number of halogens is 2. The van der Waals surface area contributed by atoms with E-state index in [0.29, 0.717) is 46.1 Å². The smallest absolute Gasteiger partial charge is 0.387 e. The first-order valence-electron chi connectivity index (χ1n) is 12.2. The molecule has 0 unspecified atom stereocenters. The maximum Gasteiger partial charge on any atom is 0.387 e. The molecule has 37 heavy (non-hydrogen) atoms. The average molecular weight is 504 g/mol. The Hall–Kier alpha value is -3.99. The van der Waals surface area contributed by atoms with Crippen LogP contribution in [-0.4, -0.2) is 49.0 Å². The van der Waals surface area contributed by atoms with Crippen LogP contribution >= 0.6 is 0 Å². The van der Waals surface area contributed by atoms with Crippen LogP contribution in [0.5, 0.6) is 5.75 Å². The van der Waals surface area contributed by atoms with Crippen LogP contribution in [0.25, 0.3) is 22.4 Å². The van der Waals surface area contributed by atoms with Crippen molar-refractivity contribution in [2.24, 2.45) is 5.73 Å². The van der Waals surface area contributed by atoms with Gasteiger partial charge in [0.15, 0.2) is 5.65 Å². The zero-order valence-electron chi connectivity index (χ0n) is 19.9. The van der Waals surface area contributed by atoms with Gasteiger partial charge in [-0.3, -0.25) is 4.79 Å². The van der Waals surface area contributed by atoms with E-state index in [1.54, 1.807) is 36.5 Å². The minimum absolute atomic E-state index is 0.0125. The lowest BCUT2D eigenvalue weighted by molar-refractivity contribution is -0.0507. The van der Waals surface area contributed by atoms with Gasteiger partial charge in [-0.15, -0.1) is 0 Å². The summed E-state index contributed by atoms with van der Waals surface area (Å²) in [6, 6.07) is 7.62. The van der Waals surface area contributed by atoms with Gasteiger partial charge in [0, 0.05) is 42.6 Å². The van der Waals surface area contributed by atoms with E-state index in [1.807, 2.05) is 16.7 Å². The molecule has 7 rings (SSSR count). The van der Waals surface area contributed by atoms with E-state index < -0.39 is 18.2 Å². The summed E-state index contributed by atoms with van der Waals surface area (Å²) in [5.41, 5.74) is 9.31. The Morgan fingerprint density at radius 2 is 1.89 bits per heavy atom. The van der Waals surface area contributed by atoms with E-state index in [-0.39, 0.29) is 17.7 Å². The fraction of sp³-hybridized carbons (Fsp3) is 0.346. The third-order valence-electron chi connectivity index (χ3n) is 7.89. The number of fused-ring (bicyclic) bond motifs is 9. The second-order valence-electron chi connectivity index (χ2n) is 9.96. The van der Waals surface area contributed by atoms with Crippen LogP contribution in [-0.2, 0) is 5.54 Å². The molecule has 11 heteroatoms. The van der Waals surface area contributed by atoms with E-state index in [1.165, 1.54) is 6.07 Å². The van der Waals surface area contributed by atoms with Gasteiger partial charge in [-0.2, -0.15) is 8.78 Å². The molecule has 2 N–H and O–H groups in total. The van der Waals surface area contributed by atoms with E-state index in [4.69, 9.17) is 20.4 Å². The Morgan fingerprint density at radius 3 is 2.59 bits per heavy atom. The molecular formula is C26H23F2N7O2. The molecule has 0 saturated heterocycles. The third kappa shape index (κ3) is 3.19. The monoisotopic (exact) mass is 503 g/mol. The number of nitrogens with two attached hydrogens (primary N) is 1. The summed E-state index contributed by atoms with van der Waals surface area (Å²) in [4.78, 5) is 33.6. The Bertz CT molecular complexity index is 1570. The maximum atomic E-state index is 13.3. The number of ether oxygens (including phenoxy) is 1. The molecule has 2 atom stereocenters. The standard InChI is InChI=1S/C26H23F2N7O2/c1-34-18-10-17(20-14(23(34)36)4-2-5-19(20)37-25(27)28)35-21-16(33-22(18)35)7-6-15(32-21)13-11-30-24(31-12-13)26(29)8-3-9-26/h2,4-7,11-12,17-18,25H,3,8-10,29H2,1H3/t17-,18-/m1/s1. The summed E-state index contributed by atoms with van der Waals surface area (Å²) in [7, 11) is 1.71. The summed E-state index contributed by atoms with van der Waals surface area (Å²) in [5.74, 6) is 1.03. The molecule has 188 valence electrons. The van der Waals surface area contributed by atoms with Crippen molar-refractivity contribution in [1.29, 1.82) is 0 Å². The fourth-order valence-electron chi connectivity index (χ4n) is 5.80. The zero-order chi connectivity index (χ0) is 25.5. The van der Waals surface area contributed by atoms with Crippen molar-refractivity contribution < 1.29 is 18.3 Å². The van der Waals surface area contributed by atoms with Crippen molar-refractivity contribution in [1.82, 2.24) is 29.4 Å². The number of pyridine rings is 1. The molecule has 4 aromatic rings. The molecule has 1 fully saturated rings. The van der Waals surface area contributed by atoms with Crippen LogP contribution in [0.15, 0.2) is 42.7 Å². The number of benzene rings is 1. The molecule has 3 aliphatic rings. The Labute approximate surface area is 210 Å². The van der Waals surface area contributed by atoms with Crippen LogP contribution in [0.3, 0.4) is 0 Å². The molecule has 1 aromatic carbocycles. The van der Waals surface area contributed by atoms with Crippen LogP contribution in [0.1, 0.15) is 65.3 Å². The lowest BCUT2D eigenvalue weighted by Gasteiger charge is -2.36. The molecular weight excluding hydrogens is 480 g/mol. The van der Waals surface area contributed by atoms with Gasteiger partial charge in [0.05, 0.1) is 23.3 Å². The summed E-state index contributed by atoms with van der Waals surface area (Å²) < 4.78 is 33.4. The quantitative estimate of drug-likeness (QED) is 0.449. The molecule has 0 spiro atoms. The second-order valence-corrected chi connectivity index (χ2v) is 9.96. The number of carbonyl (C=O) groups is 1. The topological polar surface area (TPSA) is 112 Å². The van der Waals surface area contributed by atoms with Crippen LogP contribution in [0.2, 0.25) is 0 Å². The molecule has 1 aliphatic carbocycles. The first-order chi connectivity index (χ1) is 17.8. The number of hydrogen-bond acceptors (Lipinski definition) is 7. The predicted molar refractivity (Wildman–Crippen MR) is 129 cm³/mol. The number of rotatable bonds is 4. The molecule has 1 amide bonds. The van der Waals surface area contributed by atoms with Crippen molar-refractivity contribution in [3.8, 4) is 17.0 Å². The van der Waals surface area contributed by atoms with Crippen molar-refractivity contribution in [3.05, 3.63) is 65.5 Å². The van der Waals surface area contributed by atoms with Gasteiger partial charge in [0.25, 0.3) is 5.91 Å². The van der Waals surface area contributed by atoms with Gasteiger partial charge in [0.1, 0.15) is 22.9 Å². The van der Waals surface area contributed by atoms with E-state index in [0.717, 1.165) is 24.8 Å². The minimum Gasteiger partial charge on any atom is -0.434 e. The normalized spacial score (nSPS) is 21.5. The fourth-order valence-corrected chi connectivity index (χ4v) is 5.80. The van der Waals surface area contributed by atoms with Crippen molar-refractivity contribution >= 4 is 17.1 Å². The number of amides is 1. The summed E-state index contributed by atoms with van der Waals surface area (Å²) in [6.07, 6.45) is 6.75. The second kappa shape index (κ2) is 7.75. The number of alkyl halides is 2. The molecule has 2 bridgehead atoms. The number of carbonyl (C=O) groups excluding carboxylic acids is 1. The maximum absolute atomic E-state index is 13.3. The molecule has 2 aliphatic heterocycles. The molecule has 1 saturated carbocycles. The van der Waals surface area contributed by atoms with E-state index >= 15 is 0 Å². The highest BCUT2D eigenvalue weighted by atomic mass is 19.3. The predicted octanol–water partition coefficient (Wildman–Crippen LogP) is 3.95. The van der Waals surface area contributed by atoms with Gasteiger partial charge in [0.2, 0.25) is 0 Å². The number of nitrogens with zero attached hydrogens (tertiary/aromatic N) is 6. The van der Waals surface area contributed by atoms with Crippen LogP contribution in [0, 0.1) is 0 Å². The summed E-state index contributed by atoms with van der Waals surface area (Å²) in [6.45, 7) is -3.01. The van der Waals surface area contributed by atoms with Gasteiger partial charge >= 0.3 is 6.61 Å². The Balaban J connectivity index is 1.37. The molecule has 5 heterocycles. The van der Waals surface area contributed by atoms with Gasteiger partial charge in [-0.25, -0.2) is 19.9 Å². The number of aromatic nitrogens is 5. The highest BCUT2D eigenvalue weighted by Crippen LogP contribution is 2.49. The largest absolute Gasteiger partial charge is 0.434 e. The number of hydrogen-bond donors (Lipinski definition) is 1. The van der Waals surface area contributed by atoms with Crippen molar-refractivity contribution in [2.45, 2.75) is 49.9 Å². The highest BCUT2D eigenvalue weighted by molar-refractivity contribution is 5.97. The third-order valence-corrected chi connectivity index (χ3v) is 7.89. The van der Waals surface area contributed by atoms with Crippen LogP contribution < -0.4 is 10.5 Å². The molecule has 0 radical (unpaired) electrons. The Kier molecular flexibility index (Phi) is 4.66. The molecule has 9 nitrogen and oxygen atoms in total. The summed E-state index contributed by atoms with van der Waals surface area (Å²) in [5, 5.41) is 0. The van der Waals surface area contributed by atoms with Crippen molar-refractivity contribution in [3.63, 3.8) is 0 Å². The van der Waals surface area contributed by atoms with Crippen molar-refractivity contribution in [2.75, 3.05) is 7.05 Å². The summed E-state index contributed by atoms with van der Waals surface area (Å²) >= 11 is 0. The SMILES string of the molecule is CN1C(=O)c2cccc(OC(F)F)c2[C@H]2C[C@@H]1c1nc3ccc(-c4cnc(C5(N)CCC5)nc4)nc3n12. The Morgan fingerprint density at radius 1 is 1.11 bits per heavy atom. The van der Waals surface area contributed by atoms with E-state index in [9.17, 15) is 13.6 Å². The lowest BCUT2D eigenvalue weighted by atomic mass is 9.77.